The van der Waals surface area contributed by atoms with Crippen molar-refractivity contribution in [2.75, 3.05) is 6.54 Å². The third-order valence-electron chi connectivity index (χ3n) is 3.62. The van der Waals surface area contributed by atoms with Crippen molar-refractivity contribution in [2.45, 2.75) is 39.7 Å². The van der Waals surface area contributed by atoms with E-state index in [1.54, 1.807) is 6.07 Å². The number of nitrogens with one attached hydrogen (secondary N) is 1. The van der Waals surface area contributed by atoms with Gasteiger partial charge in [-0.1, -0.05) is 56.7 Å². The summed E-state index contributed by atoms with van der Waals surface area (Å²) in [5.41, 5.74) is 4.08. The van der Waals surface area contributed by atoms with Crippen LogP contribution in [0.4, 0.5) is 4.39 Å². The van der Waals surface area contributed by atoms with Crippen LogP contribution in [0.15, 0.2) is 42.5 Å². The standard InChI is InChI=1S/C19H24FN/c1-3-5-15-6-8-16(9-7-15)17-10-11-18(19(20)13-17)14-21-12-4-2/h6-11,13,21H,3-5,12,14H2,1-2H3. The van der Waals surface area contributed by atoms with Gasteiger partial charge in [0, 0.05) is 12.1 Å². The number of hydrogen-bond donors (Lipinski definition) is 1. The van der Waals surface area contributed by atoms with Crippen LogP contribution < -0.4 is 5.32 Å². The van der Waals surface area contributed by atoms with Crippen molar-refractivity contribution in [3.8, 4) is 11.1 Å². The fourth-order valence-corrected chi connectivity index (χ4v) is 2.42. The molecular weight excluding hydrogens is 261 g/mol. The van der Waals surface area contributed by atoms with Crippen molar-refractivity contribution in [3.05, 3.63) is 59.4 Å². The molecule has 0 bridgehead atoms. The van der Waals surface area contributed by atoms with E-state index >= 15 is 0 Å². The Bertz CT molecular complexity index is 560. The third kappa shape index (κ3) is 4.40. The van der Waals surface area contributed by atoms with E-state index in [2.05, 4.69) is 43.4 Å². The Morgan fingerprint density at radius 1 is 0.905 bits per heavy atom. The molecule has 0 atom stereocenters. The molecule has 1 nitrogen and oxygen atoms in total. The predicted molar refractivity (Wildman–Crippen MR) is 87.8 cm³/mol. The summed E-state index contributed by atoms with van der Waals surface area (Å²) in [6.07, 6.45) is 3.30. The summed E-state index contributed by atoms with van der Waals surface area (Å²) in [6.45, 7) is 5.79. The molecule has 0 fully saturated rings. The van der Waals surface area contributed by atoms with Crippen molar-refractivity contribution < 1.29 is 4.39 Å². The lowest BCUT2D eigenvalue weighted by Crippen LogP contribution is -2.14. The summed E-state index contributed by atoms with van der Waals surface area (Å²) in [5, 5.41) is 3.23. The maximum absolute atomic E-state index is 14.1. The van der Waals surface area contributed by atoms with Crippen molar-refractivity contribution >= 4 is 0 Å². The monoisotopic (exact) mass is 285 g/mol. The highest BCUT2D eigenvalue weighted by atomic mass is 19.1. The summed E-state index contributed by atoms with van der Waals surface area (Å²) in [7, 11) is 0. The molecule has 0 amide bonds. The second-order valence-corrected chi connectivity index (χ2v) is 5.43. The molecule has 0 aliphatic heterocycles. The fourth-order valence-electron chi connectivity index (χ4n) is 2.42. The predicted octanol–water partition coefficient (Wildman–Crippen LogP) is 4.94. The zero-order valence-electron chi connectivity index (χ0n) is 13.0. The first-order valence-electron chi connectivity index (χ1n) is 7.83. The second kappa shape index (κ2) is 7.94. The minimum atomic E-state index is -0.131. The molecular formula is C19H24FN. The maximum atomic E-state index is 14.1. The number of halogens is 1. The molecule has 0 saturated carbocycles. The molecule has 21 heavy (non-hydrogen) atoms. The van der Waals surface area contributed by atoms with E-state index in [1.165, 1.54) is 5.56 Å². The van der Waals surface area contributed by atoms with Crippen LogP contribution in [0.1, 0.15) is 37.8 Å². The number of rotatable bonds is 7. The van der Waals surface area contributed by atoms with Gasteiger partial charge >= 0.3 is 0 Å². The highest BCUT2D eigenvalue weighted by Crippen LogP contribution is 2.23. The third-order valence-corrected chi connectivity index (χ3v) is 3.62. The molecule has 0 aliphatic rings. The van der Waals surface area contributed by atoms with Gasteiger partial charge < -0.3 is 5.32 Å². The van der Waals surface area contributed by atoms with Gasteiger partial charge in [-0.05, 0) is 42.1 Å². The fraction of sp³-hybridized carbons (Fsp3) is 0.368. The van der Waals surface area contributed by atoms with Gasteiger partial charge in [-0.15, -0.1) is 0 Å². The van der Waals surface area contributed by atoms with Crippen molar-refractivity contribution in [1.29, 1.82) is 0 Å². The molecule has 1 N–H and O–H groups in total. The highest BCUT2D eigenvalue weighted by Gasteiger charge is 2.05. The van der Waals surface area contributed by atoms with Crippen LogP contribution in [0, 0.1) is 5.82 Å². The Morgan fingerprint density at radius 3 is 2.24 bits per heavy atom. The second-order valence-electron chi connectivity index (χ2n) is 5.43. The van der Waals surface area contributed by atoms with E-state index in [0.717, 1.165) is 42.5 Å². The normalized spacial score (nSPS) is 10.8. The van der Waals surface area contributed by atoms with E-state index in [-0.39, 0.29) is 5.82 Å². The van der Waals surface area contributed by atoms with E-state index in [1.807, 2.05) is 12.1 Å². The Labute approximate surface area is 127 Å². The Balaban J connectivity index is 2.11. The van der Waals surface area contributed by atoms with E-state index in [9.17, 15) is 4.39 Å². The van der Waals surface area contributed by atoms with Crippen LogP contribution >= 0.6 is 0 Å². The van der Waals surface area contributed by atoms with E-state index in [4.69, 9.17) is 0 Å². The first kappa shape index (κ1) is 15.7. The largest absolute Gasteiger partial charge is 0.313 e. The quantitative estimate of drug-likeness (QED) is 0.710. The number of benzene rings is 2. The molecule has 0 unspecified atom stereocenters. The van der Waals surface area contributed by atoms with E-state index in [0.29, 0.717) is 6.54 Å². The van der Waals surface area contributed by atoms with Gasteiger partial charge in [-0.3, -0.25) is 0 Å². The lowest BCUT2D eigenvalue weighted by Gasteiger charge is -2.08. The SMILES string of the molecule is CCCNCc1ccc(-c2ccc(CCC)cc2)cc1F. The first-order chi connectivity index (χ1) is 10.2. The summed E-state index contributed by atoms with van der Waals surface area (Å²) in [5.74, 6) is -0.131. The van der Waals surface area contributed by atoms with Gasteiger partial charge in [-0.2, -0.15) is 0 Å². The summed E-state index contributed by atoms with van der Waals surface area (Å²) in [6, 6.07) is 13.9. The smallest absolute Gasteiger partial charge is 0.128 e. The average molecular weight is 285 g/mol. The molecule has 2 aromatic carbocycles. The average Bonchev–Trinajstić information content (AvgIpc) is 2.50. The van der Waals surface area contributed by atoms with Crippen LogP contribution in [-0.2, 0) is 13.0 Å². The summed E-state index contributed by atoms with van der Waals surface area (Å²) >= 11 is 0. The Kier molecular flexibility index (Phi) is 5.94. The molecule has 0 saturated heterocycles. The van der Waals surface area contributed by atoms with Gasteiger partial charge in [0.05, 0.1) is 0 Å². The minimum Gasteiger partial charge on any atom is -0.313 e. The minimum absolute atomic E-state index is 0.131. The van der Waals surface area contributed by atoms with Gasteiger partial charge in [0.1, 0.15) is 5.82 Å². The number of hydrogen-bond acceptors (Lipinski definition) is 1. The van der Waals surface area contributed by atoms with Gasteiger partial charge in [-0.25, -0.2) is 4.39 Å². The highest BCUT2D eigenvalue weighted by molar-refractivity contribution is 5.64. The molecule has 0 heterocycles. The number of aryl methyl sites for hydroxylation is 1. The van der Waals surface area contributed by atoms with Crippen LogP contribution in [0.25, 0.3) is 11.1 Å². The molecule has 2 rings (SSSR count). The molecule has 2 aromatic rings. The molecule has 112 valence electrons. The van der Waals surface area contributed by atoms with Crippen molar-refractivity contribution in [3.63, 3.8) is 0 Å². The van der Waals surface area contributed by atoms with Crippen LogP contribution in [0.3, 0.4) is 0 Å². The van der Waals surface area contributed by atoms with Gasteiger partial charge in [0.25, 0.3) is 0 Å². The lowest BCUT2D eigenvalue weighted by atomic mass is 10.0. The zero-order chi connectivity index (χ0) is 15.1. The zero-order valence-corrected chi connectivity index (χ0v) is 13.0. The molecule has 0 spiro atoms. The Morgan fingerprint density at radius 2 is 1.62 bits per heavy atom. The maximum Gasteiger partial charge on any atom is 0.128 e. The molecule has 0 aromatic heterocycles. The van der Waals surface area contributed by atoms with E-state index < -0.39 is 0 Å². The van der Waals surface area contributed by atoms with Crippen LogP contribution in [0.5, 0.6) is 0 Å². The Hall–Kier alpha value is -1.67. The van der Waals surface area contributed by atoms with Gasteiger partial charge in [0.15, 0.2) is 0 Å². The van der Waals surface area contributed by atoms with Crippen molar-refractivity contribution in [1.82, 2.24) is 5.32 Å². The van der Waals surface area contributed by atoms with Crippen LogP contribution in [-0.4, -0.2) is 6.54 Å². The molecule has 0 radical (unpaired) electrons. The van der Waals surface area contributed by atoms with Crippen molar-refractivity contribution in [2.24, 2.45) is 0 Å². The topological polar surface area (TPSA) is 12.0 Å². The lowest BCUT2D eigenvalue weighted by molar-refractivity contribution is 0.587. The van der Waals surface area contributed by atoms with Crippen LogP contribution in [0.2, 0.25) is 0 Å². The first-order valence-corrected chi connectivity index (χ1v) is 7.83. The summed E-state index contributed by atoms with van der Waals surface area (Å²) < 4.78 is 14.1. The van der Waals surface area contributed by atoms with Gasteiger partial charge in [0.2, 0.25) is 0 Å². The molecule has 2 heteroatoms. The summed E-state index contributed by atoms with van der Waals surface area (Å²) in [4.78, 5) is 0. The molecule has 0 aliphatic carbocycles.